The van der Waals surface area contributed by atoms with E-state index in [1.807, 2.05) is 0 Å². The molecule has 2 aromatic rings. The number of anilines is 1. The van der Waals surface area contributed by atoms with Gasteiger partial charge in [0.25, 0.3) is 5.91 Å². The Morgan fingerprint density at radius 1 is 1.39 bits per heavy atom. The smallest absolute Gasteiger partial charge is 0.258 e. The summed E-state index contributed by atoms with van der Waals surface area (Å²) >= 11 is 10.8. The van der Waals surface area contributed by atoms with Gasteiger partial charge in [0.2, 0.25) is 0 Å². The summed E-state index contributed by atoms with van der Waals surface area (Å²) in [4.78, 5) is 12.1. The maximum atomic E-state index is 11.9. The van der Waals surface area contributed by atoms with Crippen LogP contribution in [0.4, 0.5) is 5.69 Å². The minimum atomic E-state index is -0.316. The van der Waals surface area contributed by atoms with E-state index in [-0.39, 0.29) is 10.9 Å². The summed E-state index contributed by atoms with van der Waals surface area (Å²) in [5.74, 6) is -0.316. The SMILES string of the molecule is NC(=S)c1ccc(Cl)cc1NC(=O)c1ccoc1. The van der Waals surface area contributed by atoms with E-state index in [4.69, 9.17) is 34.0 Å². The van der Waals surface area contributed by atoms with Crippen molar-refractivity contribution in [2.75, 3.05) is 5.32 Å². The fourth-order valence-corrected chi connectivity index (χ4v) is 1.77. The highest BCUT2D eigenvalue weighted by Crippen LogP contribution is 2.21. The molecule has 3 N–H and O–H groups in total. The van der Waals surface area contributed by atoms with Gasteiger partial charge in [0.15, 0.2) is 0 Å². The minimum absolute atomic E-state index is 0.189. The van der Waals surface area contributed by atoms with Crippen molar-refractivity contribution in [3.8, 4) is 0 Å². The Labute approximate surface area is 114 Å². The molecule has 0 fully saturated rings. The lowest BCUT2D eigenvalue weighted by molar-refractivity contribution is 0.102. The molecule has 1 aromatic heterocycles. The molecule has 92 valence electrons. The molecule has 0 saturated carbocycles. The number of nitrogens with one attached hydrogen (secondary N) is 1. The molecule has 0 saturated heterocycles. The van der Waals surface area contributed by atoms with E-state index in [1.165, 1.54) is 12.5 Å². The van der Waals surface area contributed by atoms with Gasteiger partial charge in [0.05, 0.1) is 17.5 Å². The van der Waals surface area contributed by atoms with Crippen LogP contribution in [0.1, 0.15) is 15.9 Å². The molecular weight excluding hydrogens is 272 g/mol. The zero-order valence-electron chi connectivity index (χ0n) is 9.14. The highest BCUT2D eigenvalue weighted by atomic mass is 35.5. The lowest BCUT2D eigenvalue weighted by atomic mass is 10.1. The normalized spacial score (nSPS) is 10.1. The first kappa shape index (κ1) is 12.6. The average molecular weight is 281 g/mol. The Hall–Kier alpha value is -1.85. The fourth-order valence-electron chi connectivity index (χ4n) is 1.42. The van der Waals surface area contributed by atoms with Crippen LogP contribution in [0.5, 0.6) is 0 Å². The molecule has 1 amide bonds. The Kier molecular flexibility index (Phi) is 3.64. The van der Waals surface area contributed by atoms with E-state index >= 15 is 0 Å². The first-order chi connectivity index (χ1) is 8.58. The predicted octanol–water partition coefficient (Wildman–Crippen LogP) is 2.82. The lowest BCUT2D eigenvalue weighted by Gasteiger charge is -2.09. The number of hydrogen-bond acceptors (Lipinski definition) is 3. The largest absolute Gasteiger partial charge is 0.472 e. The molecule has 0 bridgehead atoms. The van der Waals surface area contributed by atoms with Gasteiger partial charge in [-0.15, -0.1) is 0 Å². The second kappa shape index (κ2) is 5.20. The first-order valence-corrected chi connectivity index (χ1v) is 5.79. The molecule has 0 atom stereocenters. The third-order valence-corrected chi connectivity index (χ3v) is 2.73. The number of carbonyl (C=O) groups excluding carboxylic acids is 1. The maximum Gasteiger partial charge on any atom is 0.258 e. The monoisotopic (exact) mass is 280 g/mol. The highest BCUT2D eigenvalue weighted by molar-refractivity contribution is 7.80. The molecular formula is C12H9ClN2O2S. The quantitative estimate of drug-likeness (QED) is 0.849. The van der Waals surface area contributed by atoms with Crippen molar-refractivity contribution in [2.24, 2.45) is 5.73 Å². The molecule has 1 heterocycles. The van der Waals surface area contributed by atoms with Crippen molar-refractivity contribution in [1.82, 2.24) is 0 Å². The van der Waals surface area contributed by atoms with Crippen molar-refractivity contribution in [2.45, 2.75) is 0 Å². The topological polar surface area (TPSA) is 68.3 Å². The molecule has 6 heteroatoms. The van der Waals surface area contributed by atoms with E-state index < -0.39 is 0 Å². The second-order valence-electron chi connectivity index (χ2n) is 3.52. The van der Waals surface area contributed by atoms with E-state index in [9.17, 15) is 4.79 Å². The van der Waals surface area contributed by atoms with E-state index in [2.05, 4.69) is 5.32 Å². The van der Waals surface area contributed by atoms with Gasteiger partial charge in [-0.25, -0.2) is 0 Å². The number of amides is 1. The number of rotatable bonds is 3. The van der Waals surface area contributed by atoms with Crippen LogP contribution >= 0.6 is 23.8 Å². The van der Waals surface area contributed by atoms with E-state index in [1.54, 1.807) is 24.3 Å². The number of benzene rings is 1. The zero-order chi connectivity index (χ0) is 13.1. The Bertz CT molecular complexity index is 596. The van der Waals surface area contributed by atoms with Crippen molar-refractivity contribution in [3.63, 3.8) is 0 Å². The van der Waals surface area contributed by atoms with Crippen LogP contribution in [0, 0.1) is 0 Å². The Morgan fingerprint density at radius 2 is 2.17 bits per heavy atom. The molecule has 2 rings (SSSR count). The highest BCUT2D eigenvalue weighted by Gasteiger charge is 2.12. The average Bonchev–Trinajstić information content (AvgIpc) is 2.81. The zero-order valence-corrected chi connectivity index (χ0v) is 10.7. The number of hydrogen-bond donors (Lipinski definition) is 2. The third-order valence-electron chi connectivity index (χ3n) is 2.28. The first-order valence-electron chi connectivity index (χ1n) is 5.01. The van der Waals surface area contributed by atoms with Crippen molar-refractivity contribution in [3.05, 3.63) is 52.9 Å². The van der Waals surface area contributed by atoms with Crippen LogP contribution in [0.15, 0.2) is 41.2 Å². The third kappa shape index (κ3) is 2.69. The number of halogens is 1. The molecule has 0 radical (unpaired) electrons. The summed E-state index contributed by atoms with van der Waals surface area (Å²) in [5, 5.41) is 3.17. The van der Waals surface area contributed by atoms with Gasteiger partial charge < -0.3 is 15.5 Å². The van der Waals surface area contributed by atoms with Crippen LogP contribution < -0.4 is 11.1 Å². The number of thiocarbonyl (C=S) groups is 1. The van der Waals surface area contributed by atoms with Crippen LogP contribution in [-0.2, 0) is 0 Å². The minimum Gasteiger partial charge on any atom is -0.472 e. The maximum absolute atomic E-state index is 11.9. The predicted molar refractivity (Wildman–Crippen MR) is 74.0 cm³/mol. The number of carbonyl (C=O) groups is 1. The van der Waals surface area contributed by atoms with Crippen molar-refractivity contribution >= 4 is 40.4 Å². The summed E-state index contributed by atoms with van der Waals surface area (Å²) in [5.41, 5.74) is 7.02. The summed E-state index contributed by atoms with van der Waals surface area (Å²) in [6, 6.07) is 6.47. The van der Waals surface area contributed by atoms with Crippen LogP contribution in [0.3, 0.4) is 0 Å². The number of furan rings is 1. The van der Waals surface area contributed by atoms with Crippen molar-refractivity contribution < 1.29 is 9.21 Å². The van der Waals surface area contributed by atoms with E-state index in [0.717, 1.165) is 0 Å². The second-order valence-corrected chi connectivity index (χ2v) is 4.40. The molecule has 0 unspecified atom stereocenters. The van der Waals surface area contributed by atoms with Crippen LogP contribution in [0.2, 0.25) is 5.02 Å². The summed E-state index contributed by atoms with van der Waals surface area (Å²) < 4.78 is 4.84. The molecule has 0 aliphatic heterocycles. The molecule has 0 aliphatic rings. The standard InChI is InChI=1S/C12H9ClN2O2S/c13-8-1-2-9(11(14)18)10(5-8)15-12(16)7-3-4-17-6-7/h1-6H,(H2,14,18)(H,15,16). The fraction of sp³-hybridized carbons (Fsp3) is 0. The van der Waals surface area contributed by atoms with Gasteiger partial charge in [-0.1, -0.05) is 23.8 Å². The molecule has 0 spiro atoms. The Balaban J connectivity index is 2.31. The van der Waals surface area contributed by atoms with Gasteiger partial charge in [-0.05, 0) is 24.3 Å². The molecule has 0 aliphatic carbocycles. The summed E-state index contributed by atoms with van der Waals surface area (Å²) in [6.45, 7) is 0. The van der Waals surface area contributed by atoms with Gasteiger partial charge in [0.1, 0.15) is 11.3 Å². The summed E-state index contributed by atoms with van der Waals surface area (Å²) in [6.07, 6.45) is 2.77. The van der Waals surface area contributed by atoms with Crippen LogP contribution in [-0.4, -0.2) is 10.9 Å². The van der Waals surface area contributed by atoms with Crippen molar-refractivity contribution in [1.29, 1.82) is 0 Å². The molecule has 18 heavy (non-hydrogen) atoms. The van der Waals surface area contributed by atoms with Gasteiger partial charge in [-0.3, -0.25) is 4.79 Å². The molecule has 1 aromatic carbocycles. The summed E-state index contributed by atoms with van der Waals surface area (Å²) in [7, 11) is 0. The van der Waals surface area contributed by atoms with Gasteiger partial charge in [-0.2, -0.15) is 0 Å². The molecule has 4 nitrogen and oxygen atoms in total. The Morgan fingerprint density at radius 3 is 2.78 bits per heavy atom. The number of nitrogens with two attached hydrogens (primary N) is 1. The van der Waals surface area contributed by atoms with E-state index in [0.29, 0.717) is 21.8 Å². The lowest BCUT2D eigenvalue weighted by Crippen LogP contribution is -2.17. The van der Waals surface area contributed by atoms with Gasteiger partial charge >= 0.3 is 0 Å². The van der Waals surface area contributed by atoms with Crippen LogP contribution in [0.25, 0.3) is 0 Å². The van der Waals surface area contributed by atoms with Gasteiger partial charge in [0, 0.05) is 10.6 Å².